The van der Waals surface area contributed by atoms with Gasteiger partial charge in [0, 0.05) is 24.3 Å². The maximum Gasteiger partial charge on any atom is 0.387 e. The summed E-state index contributed by atoms with van der Waals surface area (Å²) in [6.45, 7) is 1.08. The second-order valence-corrected chi connectivity index (χ2v) is 4.22. The molecular weight excluding hydrogens is 240 g/mol. The molecule has 102 valence electrons. The molecule has 2 unspecified atom stereocenters. The Balaban J connectivity index is 2.74. The largest absolute Gasteiger partial charge is 0.434 e. The maximum atomic E-state index is 12.3. The molecule has 0 saturated carbocycles. The summed E-state index contributed by atoms with van der Waals surface area (Å²) in [5, 5.41) is 12.1. The van der Waals surface area contributed by atoms with Gasteiger partial charge in [0.25, 0.3) is 0 Å². The van der Waals surface area contributed by atoms with Crippen molar-refractivity contribution in [2.45, 2.75) is 39.0 Å². The van der Waals surface area contributed by atoms with E-state index in [9.17, 15) is 8.78 Å². The molecule has 0 fully saturated rings. The van der Waals surface area contributed by atoms with Gasteiger partial charge in [0.2, 0.25) is 0 Å². The molecule has 0 heterocycles. The Morgan fingerprint density at radius 1 is 1.28 bits per heavy atom. The zero-order valence-electron chi connectivity index (χ0n) is 10.6. The van der Waals surface area contributed by atoms with Crippen LogP contribution in [0.1, 0.15) is 31.9 Å². The Morgan fingerprint density at radius 2 is 1.94 bits per heavy atom. The number of para-hydroxylation sites is 1. The first-order valence-corrected chi connectivity index (χ1v) is 5.95. The molecule has 0 radical (unpaired) electrons. The van der Waals surface area contributed by atoms with Gasteiger partial charge < -0.3 is 15.2 Å². The van der Waals surface area contributed by atoms with Crippen LogP contribution < -0.4 is 10.1 Å². The van der Waals surface area contributed by atoms with Crippen molar-refractivity contribution in [2.24, 2.45) is 0 Å². The van der Waals surface area contributed by atoms with Gasteiger partial charge in [-0.25, -0.2) is 0 Å². The average Bonchev–Trinajstić information content (AvgIpc) is 2.28. The van der Waals surface area contributed by atoms with E-state index in [-0.39, 0.29) is 24.4 Å². The molecule has 2 N–H and O–H groups in total. The summed E-state index contributed by atoms with van der Waals surface area (Å²) in [7, 11) is 0. The van der Waals surface area contributed by atoms with Crippen LogP contribution in [0.3, 0.4) is 0 Å². The van der Waals surface area contributed by atoms with E-state index in [1.54, 1.807) is 18.2 Å². The molecule has 0 aromatic heterocycles. The SMILES string of the molecule is CC(CCO)NC(C)c1ccccc1OC(F)F. The van der Waals surface area contributed by atoms with Crippen LogP contribution in [0.15, 0.2) is 24.3 Å². The number of aliphatic hydroxyl groups excluding tert-OH is 1. The van der Waals surface area contributed by atoms with Crippen LogP contribution >= 0.6 is 0 Å². The Morgan fingerprint density at radius 3 is 2.56 bits per heavy atom. The molecule has 0 aliphatic carbocycles. The first-order valence-electron chi connectivity index (χ1n) is 5.95. The molecule has 0 amide bonds. The van der Waals surface area contributed by atoms with Gasteiger partial charge in [0.05, 0.1) is 0 Å². The fourth-order valence-electron chi connectivity index (χ4n) is 1.84. The smallest absolute Gasteiger partial charge is 0.387 e. The second-order valence-electron chi connectivity index (χ2n) is 4.22. The summed E-state index contributed by atoms with van der Waals surface area (Å²) in [6, 6.07) is 6.69. The molecule has 0 bridgehead atoms. The standard InChI is InChI=1S/C13H19F2NO2/c1-9(7-8-17)16-10(2)11-5-3-4-6-12(11)18-13(14)15/h3-6,9-10,13,16-17H,7-8H2,1-2H3. The maximum absolute atomic E-state index is 12.3. The zero-order valence-corrected chi connectivity index (χ0v) is 10.6. The summed E-state index contributed by atoms with van der Waals surface area (Å²) in [6.07, 6.45) is 0.613. The Bertz CT molecular complexity index is 361. The lowest BCUT2D eigenvalue weighted by atomic mass is 10.1. The van der Waals surface area contributed by atoms with Crippen LogP contribution in [0.5, 0.6) is 5.75 Å². The minimum Gasteiger partial charge on any atom is -0.434 e. The van der Waals surface area contributed by atoms with Crippen molar-refractivity contribution >= 4 is 0 Å². The highest BCUT2D eigenvalue weighted by atomic mass is 19.3. The van der Waals surface area contributed by atoms with E-state index in [2.05, 4.69) is 10.1 Å². The first-order chi connectivity index (χ1) is 8.54. The molecule has 0 saturated heterocycles. The van der Waals surface area contributed by atoms with Gasteiger partial charge >= 0.3 is 6.61 Å². The van der Waals surface area contributed by atoms with Gasteiger partial charge in [-0.1, -0.05) is 18.2 Å². The highest BCUT2D eigenvalue weighted by Gasteiger charge is 2.15. The third-order valence-corrected chi connectivity index (χ3v) is 2.70. The molecule has 1 aromatic carbocycles. The summed E-state index contributed by atoms with van der Waals surface area (Å²) < 4.78 is 29.0. The van der Waals surface area contributed by atoms with Gasteiger partial charge in [0.15, 0.2) is 0 Å². The van der Waals surface area contributed by atoms with Crippen molar-refractivity contribution < 1.29 is 18.6 Å². The lowest BCUT2D eigenvalue weighted by Crippen LogP contribution is -2.30. The van der Waals surface area contributed by atoms with Crippen LogP contribution in [0.4, 0.5) is 8.78 Å². The Hall–Kier alpha value is -1.20. The minimum absolute atomic E-state index is 0.0933. The van der Waals surface area contributed by atoms with Crippen molar-refractivity contribution in [3.8, 4) is 5.75 Å². The molecule has 0 aliphatic heterocycles. The van der Waals surface area contributed by atoms with Crippen molar-refractivity contribution in [3.05, 3.63) is 29.8 Å². The number of nitrogens with one attached hydrogen (secondary N) is 1. The van der Waals surface area contributed by atoms with Gasteiger partial charge in [-0.3, -0.25) is 0 Å². The van der Waals surface area contributed by atoms with E-state index >= 15 is 0 Å². The normalized spacial score (nSPS) is 14.6. The number of rotatable bonds is 7. The van der Waals surface area contributed by atoms with Crippen molar-refractivity contribution in [3.63, 3.8) is 0 Å². The number of alkyl halides is 2. The quantitative estimate of drug-likeness (QED) is 0.791. The molecule has 0 aliphatic rings. The van der Waals surface area contributed by atoms with Crippen molar-refractivity contribution in [1.82, 2.24) is 5.32 Å². The predicted octanol–water partition coefficient (Wildman–Crippen LogP) is 2.71. The zero-order chi connectivity index (χ0) is 13.5. The van der Waals surface area contributed by atoms with E-state index in [1.807, 2.05) is 13.8 Å². The Kier molecular flexibility index (Phi) is 6.01. The predicted molar refractivity (Wildman–Crippen MR) is 65.8 cm³/mol. The van der Waals surface area contributed by atoms with Crippen molar-refractivity contribution in [2.75, 3.05) is 6.61 Å². The first kappa shape index (κ1) is 14.9. The van der Waals surface area contributed by atoms with Crippen LogP contribution in [-0.2, 0) is 0 Å². The molecule has 5 heteroatoms. The van der Waals surface area contributed by atoms with Crippen LogP contribution in [0, 0.1) is 0 Å². The topological polar surface area (TPSA) is 41.5 Å². The third kappa shape index (κ3) is 4.58. The lowest BCUT2D eigenvalue weighted by molar-refractivity contribution is -0.0506. The van der Waals surface area contributed by atoms with Crippen LogP contribution in [0.25, 0.3) is 0 Å². The second kappa shape index (κ2) is 7.28. The van der Waals surface area contributed by atoms with E-state index in [4.69, 9.17) is 5.11 Å². The molecule has 0 spiro atoms. The number of aliphatic hydroxyl groups is 1. The van der Waals surface area contributed by atoms with E-state index in [0.717, 1.165) is 0 Å². The molecule has 1 rings (SSSR count). The summed E-state index contributed by atoms with van der Waals surface area (Å²) in [4.78, 5) is 0. The van der Waals surface area contributed by atoms with Crippen LogP contribution in [0.2, 0.25) is 0 Å². The highest BCUT2D eigenvalue weighted by Crippen LogP contribution is 2.26. The number of benzene rings is 1. The van der Waals surface area contributed by atoms with Crippen LogP contribution in [-0.4, -0.2) is 24.4 Å². The number of hydrogen-bond donors (Lipinski definition) is 2. The third-order valence-electron chi connectivity index (χ3n) is 2.70. The fourth-order valence-corrected chi connectivity index (χ4v) is 1.84. The van der Waals surface area contributed by atoms with Gasteiger partial charge in [0.1, 0.15) is 5.75 Å². The van der Waals surface area contributed by atoms with E-state index in [0.29, 0.717) is 12.0 Å². The number of ether oxygens (including phenoxy) is 1. The molecule has 18 heavy (non-hydrogen) atoms. The monoisotopic (exact) mass is 259 g/mol. The molecule has 2 atom stereocenters. The van der Waals surface area contributed by atoms with Crippen molar-refractivity contribution in [1.29, 1.82) is 0 Å². The average molecular weight is 259 g/mol. The summed E-state index contributed by atoms with van der Waals surface area (Å²) >= 11 is 0. The summed E-state index contributed by atoms with van der Waals surface area (Å²) in [5.41, 5.74) is 0.683. The van der Waals surface area contributed by atoms with E-state index in [1.165, 1.54) is 6.07 Å². The summed E-state index contributed by atoms with van der Waals surface area (Å²) in [5.74, 6) is 0.184. The highest BCUT2D eigenvalue weighted by molar-refractivity contribution is 5.35. The minimum atomic E-state index is -2.83. The van der Waals surface area contributed by atoms with Gasteiger partial charge in [-0.05, 0) is 26.3 Å². The van der Waals surface area contributed by atoms with Gasteiger partial charge in [-0.2, -0.15) is 8.78 Å². The van der Waals surface area contributed by atoms with E-state index < -0.39 is 6.61 Å². The Labute approximate surface area is 106 Å². The fraction of sp³-hybridized carbons (Fsp3) is 0.538. The number of halogens is 2. The molecule has 3 nitrogen and oxygen atoms in total. The van der Waals surface area contributed by atoms with Gasteiger partial charge in [-0.15, -0.1) is 0 Å². The molecule has 1 aromatic rings. The number of hydrogen-bond acceptors (Lipinski definition) is 3. The molecular formula is C13H19F2NO2. The lowest BCUT2D eigenvalue weighted by Gasteiger charge is -2.21.